The predicted octanol–water partition coefficient (Wildman–Crippen LogP) is 5.73. The van der Waals surface area contributed by atoms with Crippen LogP contribution in [-0.2, 0) is 0 Å². The van der Waals surface area contributed by atoms with Crippen LogP contribution in [0.4, 0.5) is 5.69 Å². The number of anilines is 1. The molecule has 5 rings (SSSR count). The topological polar surface area (TPSA) is 87.4 Å². The standard InChI is InChI=1S/C28H24BrNO7/c1-5-36-18-9-7-17(8-10-18)30-24(15-12-21(33-2)26(35-4)22(13-15)34-3)23-25(31)19-14-16(29)6-11-20(19)37-27(23)28(30)32/h6-14,24H,5H2,1-4H3. The molecule has 0 N–H and O–H groups in total. The van der Waals surface area contributed by atoms with Gasteiger partial charge in [0, 0.05) is 10.2 Å². The van der Waals surface area contributed by atoms with Crippen molar-refractivity contribution in [2.45, 2.75) is 13.0 Å². The predicted molar refractivity (Wildman–Crippen MR) is 143 cm³/mol. The van der Waals surface area contributed by atoms with Gasteiger partial charge in [-0.25, -0.2) is 0 Å². The molecular formula is C28H24BrNO7. The number of halogens is 1. The number of hydrogen-bond donors (Lipinski definition) is 0. The summed E-state index contributed by atoms with van der Waals surface area (Å²) in [5.74, 6) is 1.44. The molecule has 0 aliphatic carbocycles. The van der Waals surface area contributed by atoms with Crippen LogP contribution in [0.3, 0.4) is 0 Å². The zero-order valence-electron chi connectivity index (χ0n) is 20.7. The van der Waals surface area contributed by atoms with Gasteiger partial charge in [0.1, 0.15) is 11.3 Å². The third kappa shape index (κ3) is 4.09. The molecule has 0 bridgehead atoms. The van der Waals surface area contributed by atoms with Crippen LogP contribution in [0.15, 0.2) is 68.3 Å². The maximum absolute atomic E-state index is 13.9. The summed E-state index contributed by atoms with van der Waals surface area (Å²) in [6.07, 6.45) is 0. The van der Waals surface area contributed by atoms with Crippen molar-refractivity contribution in [3.05, 3.63) is 86.2 Å². The first-order chi connectivity index (χ1) is 17.9. The lowest BCUT2D eigenvalue weighted by atomic mass is 9.97. The van der Waals surface area contributed by atoms with Crippen LogP contribution in [0.2, 0.25) is 0 Å². The Kier molecular flexibility index (Phi) is 6.55. The number of nitrogens with zero attached hydrogens (tertiary/aromatic N) is 1. The van der Waals surface area contributed by atoms with Gasteiger partial charge >= 0.3 is 0 Å². The molecular weight excluding hydrogens is 542 g/mol. The smallest absolute Gasteiger partial charge is 0.295 e. The van der Waals surface area contributed by atoms with E-state index in [-0.39, 0.29) is 16.8 Å². The van der Waals surface area contributed by atoms with Crippen LogP contribution >= 0.6 is 15.9 Å². The Morgan fingerprint density at radius 2 is 1.59 bits per heavy atom. The molecule has 8 nitrogen and oxygen atoms in total. The fourth-order valence-electron chi connectivity index (χ4n) is 4.66. The third-order valence-electron chi connectivity index (χ3n) is 6.26. The first-order valence-corrected chi connectivity index (χ1v) is 12.3. The second kappa shape index (κ2) is 9.82. The van der Waals surface area contributed by atoms with Gasteiger partial charge in [0.2, 0.25) is 11.5 Å². The molecule has 1 atom stereocenters. The average Bonchev–Trinajstić information content (AvgIpc) is 3.21. The van der Waals surface area contributed by atoms with Crippen LogP contribution in [0.1, 0.15) is 34.6 Å². The van der Waals surface area contributed by atoms with Crippen molar-refractivity contribution in [3.63, 3.8) is 0 Å². The lowest BCUT2D eigenvalue weighted by Gasteiger charge is -2.26. The van der Waals surface area contributed by atoms with Crippen LogP contribution in [0.5, 0.6) is 23.0 Å². The van der Waals surface area contributed by atoms with Gasteiger partial charge in [-0.2, -0.15) is 0 Å². The lowest BCUT2D eigenvalue weighted by Crippen LogP contribution is -2.29. The van der Waals surface area contributed by atoms with Crippen molar-refractivity contribution in [3.8, 4) is 23.0 Å². The number of fused-ring (bicyclic) bond motifs is 2. The molecule has 1 aromatic heterocycles. The summed E-state index contributed by atoms with van der Waals surface area (Å²) < 4.78 is 28.9. The molecule has 1 unspecified atom stereocenters. The Morgan fingerprint density at radius 3 is 2.19 bits per heavy atom. The Hall–Kier alpha value is -3.98. The zero-order valence-corrected chi connectivity index (χ0v) is 22.2. The third-order valence-corrected chi connectivity index (χ3v) is 6.75. The fourth-order valence-corrected chi connectivity index (χ4v) is 5.02. The average molecular weight is 566 g/mol. The molecule has 190 valence electrons. The molecule has 3 aromatic carbocycles. The minimum absolute atomic E-state index is 0.00698. The van der Waals surface area contributed by atoms with Gasteiger partial charge in [-0.1, -0.05) is 15.9 Å². The highest BCUT2D eigenvalue weighted by molar-refractivity contribution is 9.10. The molecule has 0 fully saturated rings. The highest BCUT2D eigenvalue weighted by Gasteiger charge is 2.44. The summed E-state index contributed by atoms with van der Waals surface area (Å²) in [5.41, 5.74) is 1.44. The Bertz CT molecular complexity index is 1540. The van der Waals surface area contributed by atoms with Crippen molar-refractivity contribution >= 4 is 38.5 Å². The number of hydrogen-bond acceptors (Lipinski definition) is 7. The number of rotatable bonds is 7. The molecule has 0 saturated carbocycles. The molecule has 4 aromatic rings. The maximum atomic E-state index is 13.9. The van der Waals surface area contributed by atoms with Crippen LogP contribution in [0.25, 0.3) is 11.0 Å². The molecule has 2 heterocycles. The van der Waals surface area contributed by atoms with E-state index in [9.17, 15) is 9.59 Å². The maximum Gasteiger partial charge on any atom is 0.295 e. The van der Waals surface area contributed by atoms with E-state index in [0.717, 1.165) is 4.47 Å². The van der Waals surface area contributed by atoms with Crippen molar-refractivity contribution < 1.29 is 28.2 Å². The normalized spacial score (nSPS) is 14.6. The number of benzene rings is 3. The van der Waals surface area contributed by atoms with Crippen molar-refractivity contribution in [2.24, 2.45) is 0 Å². The molecule has 9 heteroatoms. The summed E-state index contributed by atoms with van der Waals surface area (Å²) in [6, 6.07) is 14.9. The Morgan fingerprint density at radius 1 is 0.919 bits per heavy atom. The summed E-state index contributed by atoms with van der Waals surface area (Å²) >= 11 is 3.42. The largest absolute Gasteiger partial charge is 0.494 e. The van der Waals surface area contributed by atoms with Crippen molar-refractivity contribution in [2.75, 3.05) is 32.8 Å². The monoisotopic (exact) mass is 565 g/mol. The Labute approximate surface area is 221 Å². The first kappa shape index (κ1) is 24.7. The molecule has 1 aliphatic heterocycles. The highest BCUT2D eigenvalue weighted by atomic mass is 79.9. The van der Waals surface area contributed by atoms with Gasteiger partial charge in [0.25, 0.3) is 5.91 Å². The van der Waals surface area contributed by atoms with E-state index in [2.05, 4.69) is 15.9 Å². The summed E-state index contributed by atoms with van der Waals surface area (Å²) in [5, 5.41) is 0.368. The SMILES string of the molecule is CCOc1ccc(N2C(=O)c3oc4ccc(Br)cc4c(=O)c3C2c2cc(OC)c(OC)c(OC)c2)cc1. The van der Waals surface area contributed by atoms with Gasteiger partial charge in [0.05, 0.1) is 44.9 Å². The van der Waals surface area contributed by atoms with Crippen LogP contribution in [-0.4, -0.2) is 33.8 Å². The van der Waals surface area contributed by atoms with E-state index in [1.165, 1.54) is 21.3 Å². The second-order valence-electron chi connectivity index (χ2n) is 8.28. The van der Waals surface area contributed by atoms with Gasteiger partial charge in [-0.05, 0) is 67.1 Å². The summed E-state index contributed by atoms with van der Waals surface area (Å²) in [6.45, 7) is 2.41. The zero-order chi connectivity index (χ0) is 26.3. The van der Waals surface area contributed by atoms with Gasteiger partial charge < -0.3 is 23.4 Å². The van der Waals surface area contributed by atoms with E-state index >= 15 is 0 Å². The minimum atomic E-state index is -0.811. The van der Waals surface area contributed by atoms with Crippen LogP contribution < -0.4 is 29.3 Å². The van der Waals surface area contributed by atoms with E-state index in [0.29, 0.717) is 51.8 Å². The molecule has 0 saturated heterocycles. The molecule has 0 spiro atoms. The van der Waals surface area contributed by atoms with E-state index in [1.54, 1.807) is 59.5 Å². The lowest BCUT2D eigenvalue weighted by molar-refractivity contribution is 0.0971. The van der Waals surface area contributed by atoms with E-state index < -0.39 is 11.9 Å². The minimum Gasteiger partial charge on any atom is -0.494 e. The quantitative estimate of drug-likeness (QED) is 0.283. The number of carbonyl (C=O) groups excluding carboxylic acids is 1. The molecule has 1 aliphatic rings. The number of amides is 1. The molecule has 0 radical (unpaired) electrons. The van der Waals surface area contributed by atoms with Gasteiger partial charge in [-0.3, -0.25) is 14.5 Å². The second-order valence-corrected chi connectivity index (χ2v) is 9.19. The van der Waals surface area contributed by atoms with E-state index in [1.807, 2.05) is 6.92 Å². The summed E-state index contributed by atoms with van der Waals surface area (Å²) in [4.78, 5) is 29.3. The van der Waals surface area contributed by atoms with Crippen molar-refractivity contribution in [1.29, 1.82) is 0 Å². The molecule has 1 amide bonds. The van der Waals surface area contributed by atoms with Gasteiger partial charge in [-0.15, -0.1) is 0 Å². The Balaban J connectivity index is 1.79. The fraction of sp³-hybridized carbons (Fsp3) is 0.214. The molecule has 37 heavy (non-hydrogen) atoms. The number of ether oxygens (including phenoxy) is 4. The first-order valence-electron chi connectivity index (χ1n) is 11.5. The number of methoxy groups -OCH3 is 3. The summed E-state index contributed by atoms with van der Waals surface area (Å²) in [7, 11) is 4.54. The van der Waals surface area contributed by atoms with Gasteiger partial charge in [0.15, 0.2) is 16.9 Å². The highest BCUT2D eigenvalue weighted by Crippen LogP contribution is 2.46. The number of carbonyl (C=O) groups is 1. The van der Waals surface area contributed by atoms with Crippen molar-refractivity contribution in [1.82, 2.24) is 0 Å². The van der Waals surface area contributed by atoms with E-state index in [4.69, 9.17) is 23.4 Å². The van der Waals surface area contributed by atoms with Crippen LogP contribution in [0, 0.1) is 0 Å².